The fourth-order valence-electron chi connectivity index (χ4n) is 5.16. The van der Waals surface area contributed by atoms with Gasteiger partial charge in [-0.1, -0.05) is 137 Å². The van der Waals surface area contributed by atoms with Crippen LogP contribution < -0.4 is 0 Å². The minimum absolute atomic E-state index is 0.495. The summed E-state index contributed by atoms with van der Waals surface area (Å²) in [6.45, 7) is 11.3. The Bertz CT molecular complexity index is 372. The van der Waals surface area contributed by atoms with E-state index in [1.165, 1.54) is 83.5 Å². The van der Waals surface area contributed by atoms with Crippen molar-refractivity contribution in [1.29, 1.82) is 0 Å². The molecule has 0 fully saturated rings. The lowest BCUT2D eigenvalue weighted by Crippen LogP contribution is -2.36. The molecule has 0 radical (unpaired) electrons. The minimum atomic E-state index is -0.504. The molecule has 0 spiro atoms. The monoisotopic (exact) mass is 424 g/mol. The van der Waals surface area contributed by atoms with Gasteiger partial charge in [-0.3, -0.25) is 4.79 Å². The highest BCUT2D eigenvalue weighted by molar-refractivity contribution is 5.74. The predicted molar refractivity (Wildman–Crippen MR) is 133 cm³/mol. The number of unbranched alkanes of at least 4 members (excludes halogenated alkanes) is 9. The average molecular weight is 425 g/mol. The quantitative estimate of drug-likeness (QED) is 0.175. The Morgan fingerprint density at radius 2 is 1.03 bits per heavy atom. The molecule has 0 amide bonds. The maximum atomic E-state index is 12.7. The van der Waals surface area contributed by atoms with Gasteiger partial charge in [0.15, 0.2) is 0 Å². The van der Waals surface area contributed by atoms with Gasteiger partial charge in [-0.25, -0.2) is 0 Å². The van der Waals surface area contributed by atoms with Crippen molar-refractivity contribution in [1.82, 2.24) is 0 Å². The van der Waals surface area contributed by atoms with Crippen molar-refractivity contribution >= 4 is 5.97 Å². The van der Waals surface area contributed by atoms with Crippen molar-refractivity contribution < 1.29 is 9.90 Å². The van der Waals surface area contributed by atoms with Gasteiger partial charge in [-0.05, 0) is 31.1 Å². The maximum Gasteiger partial charge on any atom is 0.309 e. The molecule has 0 bridgehead atoms. The number of carboxylic acids is 1. The number of hydrogen-bond acceptors (Lipinski definition) is 1. The molecule has 2 atom stereocenters. The average Bonchev–Trinajstić information content (AvgIpc) is 2.75. The van der Waals surface area contributed by atoms with Crippen LogP contribution in [0.25, 0.3) is 0 Å². The summed E-state index contributed by atoms with van der Waals surface area (Å²) < 4.78 is 0. The first-order chi connectivity index (χ1) is 14.5. The van der Waals surface area contributed by atoms with E-state index in [2.05, 4.69) is 34.6 Å². The highest BCUT2D eigenvalue weighted by atomic mass is 16.4. The third-order valence-corrected chi connectivity index (χ3v) is 7.41. The zero-order valence-electron chi connectivity index (χ0n) is 21.4. The van der Waals surface area contributed by atoms with Crippen molar-refractivity contribution in [2.75, 3.05) is 0 Å². The molecule has 1 N–H and O–H groups in total. The molecule has 0 aliphatic rings. The second-order valence-electron chi connectivity index (χ2n) is 10.1. The Balaban J connectivity index is 5.05. The van der Waals surface area contributed by atoms with Crippen LogP contribution in [0.1, 0.15) is 157 Å². The van der Waals surface area contributed by atoms with E-state index in [0.29, 0.717) is 11.8 Å². The molecule has 0 aromatic rings. The standard InChI is InChI=1S/C28H56O2/c1-6-11-14-15-16-17-18-19-22-28(27(29)30,23-25(9-4)20-12-7-2)24-26(10-5)21-13-8-3/h25-26H,6-24H2,1-5H3,(H,29,30). The van der Waals surface area contributed by atoms with Gasteiger partial charge in [0.25, 0.3) is 0 Å². The number of rotatable bonds is 22. The van der Waals surface area contributed by atoms with Crippen LogP contribution in [0.15, 0.2) is 0 Å². The van der Waals surface area contributed by atoms with E-state index >= 15 is 0 Å². The Hall–Kier alpha value is -0.530. The van der Waals surface area contributed by atoms with Gasteiger partial charge in [-0.2, -0.15) is 0 Å². The summed E-state index contributed by atoms with van der Waals surface area (Å²) in [6.07, 6.45) is 22.5. The first-order valence-corrected chi connectivity index (χ1v) is 13.7. The van der Waals surface area contributed by atoms with E-state index in [4.69, 9.17) is 0 Å². The first-order valence-electron chi connectivity index (χ1n) is 13.7. The van der Waals surface area contributed by atoms with E-state index in [0.717, 1.165) is 38.5 Å². The summed E-state index contributed by atoms with van der Waals surface area (Å²) >= 11 is 0. The summed E-state index contributed by atoms with van der Waals surface area (Å²) in [7, 11) is 0. The molecule has 0 heterocycles. The molecule has 180 valence electrons. The Morgan fingerprint density at radius 1 is 0.633 bits per heavy atom. The van der Waals surface area contributed by atoms with Crippen LogP contribution in [0.4, 0.5) is 0 Å². The maximum absolute atomic E-state index is 12.7. The van der Waals surface area contributed by atoms with Gasteiger partial charge >= 0.3 is 5.97 Å². The second-order valence-corrected chi connectivity index (χ2v) is 10.1. The third-order valence-electron chi connectivity index (χ3n) is 7.41. The largest absolute Gasteiger partial charge is 0.481 e. The fourth-order valence-corrected chi connectivity index (χ4v) is 5.16. The lowest BCUT2D eigenvalue weighted by Gasteiger charge is -2.36. The number of hydrogen-bond donors (Lipinski definition) is 1. The second kappa shape index (κ2) is 19.2. The van der Waals surface area contributed by atoms with Crippen LogP contribution in [-0.4, -0.2) is 11.1 Å². The lowest BCUT2D eigenvalue weighted by atomic mass is 9.67. The van der Waals surface area contributed by atoms with Crippen molar-refractivity contribution in [3.63, 3.8) is 0 Å². The molecule has 0 aromatic carbocycles. The van der Waals surface area contributed by atoms with Gasteiger partial charge in [0.1, 0.15) is 0 Å². The van der Waals surface area contributed by atoms with E-state index < -0.39 is 11.4 Å². The zero-order valence-corrected chi connectivity index (χ0v) is 21.4. The molecule has 0 aliphatic heterocycles. The smallest absolute Gasteiger partial charge is 0.309 e. The molecule has 2 heteroatoms. The van der Waals surface area contributed by atoms with Gasteiger partial charge in [0.2, 0.25) is 0 Å². The summed E-state index contributed by atoms with van der Waals surface area (Å²) in [5.41, 5.74) is -0.495. The molecule has 0 aromatic heterocycles. The SMILES string of the molecule is CCCCCCCCCCC(CC(CC)CCCC)(CC(CC)CCCC)C(=O)O. The molecule has 0 saturated carbocycles. The van der Waals surface area contributed by atoms with E-state index in [1.807, 2.05) is 0 Å². The predicted octanol–water partition coefficient (Wildman–Crippen LogP) is 9.80. The summed E-state index contributed by atoms with van der Waals surface area (Å²) in [6, 6.07) is 0. The Kier molecular flexibility index (Phi) is 18.8. The van der Waals surface area contributed by atoms with Gasteiger partial charge in [0.05, 0.1) is 5.41 Å². The van der Waals surface area contributed by atoms with Crippen LogP contribution >= 0.6 is 0 Å². The van der Waals surface area contributed by atoms with Gasteiger partial charge in [0, 0.05) is 0 Å². The van der Waals surface area contributed by atoms with E-state index in [1.54, 1.807) is 0 Å². The Labute approximate surface area is 190 Å². The normalized spacial score (nSPS) is 15.6. The topological polar surface area (TPSA) is 37.3 Å². The molecular weight excluding hydrogens is 368 g/mol. The van der Waals surface area contributed by atoms with E-state index in [9.17, 15) is 9.90 Å². The van der Waals surface area contributed by atoms with Crippen LogP contribution in [0.5, 0.6) is 0 Å². The number of carboxylic acid groups (broad SMARTS) is 1. The number of aliphatic carboxylic acids is 1. The van der Waals surface area contributed by atoms with Gasteiger partial charge < -0.3 is 5.11 Å². The minimum Gasteiger partial charge on any atom is -0.481 e. The Morgan fingerprint density at radius 3 is 1.40 bits per heavy atom. The number of carbonyl (C=O) groups is 1. The van der Waals surface area contributed by atoms with E-state index in [-0.39, 0.29) is 0 Å². The van der Waals surface area contributed by atoms with Crippen molar-refractivity contribution in [2.45, 2.75) is 157 Å². The van der Waals surface area contributed by atoms with Crippen LogP contribution in [0.3, 0.4) is 0 Å². The lowest BCUT2D eigenvalue weighted by molar-refractivity contribution is -0.152. The molecule has 30 heavy (non-hydrogen) atoms. The van der Waals surface area contributed by atoms with Crippen molar-refractivity contribution in [3.05, 3.63) is 0 Å². The highest BCUT2D eigenvalue weighted by Gasteiger charge is 2.40. The molecule has 0 saturated heterocycles. The molecule has 0 aliphatic carbocycles. The summed E-state index contributed by atoms with van der Waals surface area (Å²) in [5.74, 6) is 0.632. The first kappa shape index (κ1) is 29.5. The molecular formula is C28H56O2. The molecule has 2 unspecified atom stereocenters. The van der Waals surface area contributed by atoms with Crippen LogP contribution in [-0.2, 0) is 4.79 Å². The highest BCUT2D eigenvalue weighted by Crippen LogP contribution is 2.43. The fraction of sp³-hybridized carbons (Fsp3) is 0.964. The van der Waals surface area contributed by atoms with Gasteiger partial charge in [-0.15, -0.1) is 0 Å². The van der Waals surface area contributed by atoms with Crippen molar-refractivity contribution in [3.8, 4) is 0 Å². The summed E-state index contributed by atoms with van der Waals surface area (Å²) in [5, 5.41) is 10.5. The van der Waals surface area contributed by atoms with Crippen molar-refractivity contribution in [2.24, 2.45) is 17.3 Å². The van der Waals surface area contributed by atoms with Crippen LogP contribution in [0, 0.1) is 17.3 Å². The molecule has 0 rings (SSSR count). The zero-order chi connectivity index (χ0) is 22.7. The third kappa shape index (κ3) is 13.0. The molecule has 2 nitrogen and oxygen atoms in total. The summed E-state index contributed by atoms with van der Waals surface area (Å²) in [4.78, 5) is 12.7. The van der Waals surface area contributed by atoms with Crippen LogP contribution in [0.2, 0.25) is 0 Å².